The van der Waals surface area contributed by atoms with Gasteiger partial charge in [-0.25, -0.2) is 4.98 Å². The van der Waals surface area contributed by atoms with E-state index >= 15 is 0 Å². The topological polar surface area (TPSA) is 65.3 Å². The smallest absolute Gasteiger partial charge is 0.295 e. The van der Waals surface area contributed by atoms with E-state index in [2.05, 4.69) is 4.98 Å². The Morgan fingerprint density at radius 2 is 1.90 bits per heavy atom. The van der Waals surface area contributed by atoms with E-state index in [1.54, 1.807) is 25.3 Å². The van der Waals surface area contributed by atoms with Gasteiger partial charge >= 0.3 is 0 Å². The fourth-order valence-electron chi connectivity index (χ4n) is 2.33. The Labute approximate surface area is 121 Å². The van der Waals surface area contributed by atoms with Gasteiger partial charge < -0.3 is 4.74 Å². The molecule has 0 atom stereocenters. The number of nitro groups is 1. The number of ether oxygens (including phenoxy) is 1. The quantitative estimate of drug-likeness (QED) is 0.540. The highest BCUT2D eigenvalue weighted by Crippen LogP contribution is 2.36. The Hall–Kier alpha value is -2.95. The lowest BCUT2D eigenvalue weighted by Crippen LogP contribution is -1.95. The van der Waals surface area contributed by atoms with Crippen molar-refractivity contribution in [2.24, 2.45) is 0 Å². The molecule has 0 amide bonds. The molecule has 5 nitrogen and oxygen atoms in total. The molecule has 0 bridgehead atoms. The molecule has 0 saturated heterocycles. The molecular formula is C16H12N2O3. The molecule has 0 spiro atoms. The Morgan fingerprint density at radius 3 is 2.57 bits per heavy atom. The van der Waals surface area contributed by atoms with Crippen LogP contribution in [0.3, 0.4) is 0 Å². The molecule has 0 radical (unpaired) electrons. The number of aromatic nitrogens is 1. The second kappa shape index (κ2) is 5.20. The van der Waals surface area contributed by atoms with Gasteiger partial charge in [-0.1, -0.05) is 30.3 Å². The van der Waals surface area contributed by atoms with Gasteiger partial charge in [0.2, 0.25) is 0 Å². The third kappa shape index (κ3) is 2.29. The van der Waals surface area contributed by atoms with Crippen LogP contribution in [0, 0.1) is 10.1 Å². The number of benzene rings is 2. The van der Waals surface area contributed by atoms with Crippen LogP contribution in [0.1, 0.15) is 0 Å². The van der Waals surface area contributed by atoms with E-state index in [0.717, 1.165) is 5.56 Å². The molecule has 3 rings (SSSR count). The maximum absolute atomic E-state index is 11.3. The van der Waals surface area contributed by atoms with Gasteiger partial charge in [0.25, 0.3) is 5.69 Å². The van der Waals surface area contributed by atoms with Crippen molar-refractivity contribution in [3.8, 4) is 16.9 Å². The number of rotatable bonds is 3. The van der Waals surface area contributed by atoms with Crippen LogP contribution in [-0.2, 0) is 0 Å². The van der Waals surface area contributed by atoms with Gasteiger partial charge in [0.1, 0.15) is 11.9 Å². The lowest BCUT2D eigenvalue weighted by atomic mass is 9.99. The summed E-state index contributed by atoms with van der Waals surface area (Å²) in [6.45, 7) is 0. The van der Waals surface area contributed by atoms with Crippen LogP contribution in [0.4, 0.5) is 5.69 Å². The molecule has 0 fully saturated rings. The normalized spacial score (nSPS) is 10.5. The monoisotopic (exact) mass is 280 g/mol. The summed E-state index contributed by atoms with van der Waals surface area (Å²) in [4.78, 5) is 15.1. The lowest BCUT2D eigenvalue weighted by Gasteiger charge is -2.09. The Balaban J connectivity index is 2.41. The Kier molecular flexibility index (Phi) is 3.23. The highest BCUT2D eigenvalue weighted by molar-refractivity contribution is 5.99. The fraction of sp³-hybridized carbons (Fsp3) is 0.0625. The van der Waals surface area contributed by atoms with Crippen molar-refractivity contribution >= 4 is 16.6 Å². The van der Waals surface area contributed by atoms with Crippen molar-refractivity contribution in [2.75, 3.05) is 7.11 Å². The minimum Gasteiger partial charge on any atom is -0.497 e. The van der Waals surface area contributed by atoms with Gasteiger partial charge in [0, 0.05) is 5.39 Å². The number of hydrogen-bond donors (Lipinski definition) is 0. The van der Waals surface area contributed by atoms with Crippen LogP contribution < -0.4 is 4.74 Å². The van der Waals surface area contributed by atoms with Crippen molar-refractivity contribution in [3.05, 3.63) is 64.8 Å². The standard InChI is InChI=1S/C16H12N2O3/c1-21-12-7-8-14-13(9-12)16(11-5-3-2-4-6-11)15(10-17-14)18(19)20/h2-10H,1H3. The molecule has 5 heteroatoms. The molecule has 2 aromatic carbocycles. The van der Waals surface area contributed by atoms with E-state index in [1.165, 1.54) is 6.20 Å². The van der Waals surface area contributed by atoms with E-state index in [9.17, 15) is 10.1 Å². The molecule has 0 aliphatic heterocycles. The SMILES string of the molecule is COc1ccc2ncc([N+](=O)[O-])c(-c3ccccc3)c2c1. The molecule has 0 aliphatic carbocycles. The average molecular weight is 280 g/mol. The number of hydrogen-bond acceptors (Lipinski definition) is 4. The van der Waals surface area contributed by atoms with Gasteiger partial charge in [-0.05, 0) is 23.8 Å². The van der Waals surface area contributed by atoms with Crippen LogP contribution in [0.2, 0.25) is 0 Å². The zero-order valence-corrected chi connectivity index (χ0v) is 11.3. The van der Waals surface area contributed by atoms with Crippen molar-refractivity contribution in [1.29, 1.82) is 0 Å². The van der Waals surface area contributed by atoms with E-state index in [-0.39, 0.29) is 5.69 Å². The van der Waals surface area contributed by atoms with Gasteiger partial charge in [0.15, 0.2) is 0 Å². The van der Waals surface area contributed by atoms with Crippen LogP contribution in [0.5, 0.6) is 5.75 Å². The average Bonchev–Trinajstić information content (AvgIpc) is 2.53. The molecule has 104 valence electrons. The molecule has 3 aromatic rings. The number of pyridine rings is 1. The van der Waals surface area contributed by atoms with Crippen molar-refractivity contribution in [2.45, 2.75) is 0 Å². The predicted octanol–water partition coefficient (Wildman–Crippen LogP) is 3.82. The Morgan fingerprint density at radius 1 is 1.14 bits per heavy atom. The maximum atomic E-state index is 11.3. The summed E-state index contributed by atoms with van der Waals surface area (Å²) in [6, 6.07) is 14.6. The third-order valence-corrected chi connectivity index (χ3v) is 3.31. The summed E-state index contributed by atoms with van der Waals surface area (Å²) >= 11 is 0. The van der Waals surface area contributed by atoms with E-state index in [1.807, 2.05) is 30.3 Å². The molecule has 0 N–H and O–H groups in total. The van der Waals surface area contributed by atoms with Gasteiger partial charge in [-0.2, -0.15) is 0 Å². The summed E-state index contributed by atoms with van der Waals surface area (Å²) in [7, 11) is 1.56. The molecule has 1 aromatic heterocycles. The predicted molar refractivity (Wildman–Crippen MR) is 80.4 cm³/mol. The fourth-order valence-corrected chi connectivity index (χ4v) is 2.33. The van der Waals surface area contributed by atoms with E-state index in [4.69, 9.17) is 4.74 Å². The second-order valence-electron chi connectivity index (χ2n) is 4.52. The summed E-state index contributed by atoms with van der Waals surface area (Å²) < 4.78 is 5.22. The zero-order valence-electron chi connectivity index (χ0n) is 11.3. The van der Waals surface area contributed by atoms with Gasteiger partial charge in [-0.15, -0.1) is 0 Å². The zero-order chi connectivity index (χ0) is 14.8. The number of nitrogens with zero attached hydrogens (tertiary/aromatic N) is 2. The van der Waals surface area contributed by atoms with Crippen LogP contribution in [0.15, 0.2) is 54.7 Å². The van der Waals surface area contributed by atoms with E-state index in [0.29, 0.717) is 22.2 Å². The van der Waals surface area contributed by atoms with Crippen LogP contribution in [0.25, 0.3) is 22.0 Å². The lowest BCUT2D eigenvalue weighted by molar-refractivity contribution is -0.384. The minimum atomic E-state index is -0.408. The number of fused-ring (bicyclic) bond motifs is 1. The second-order valence-corrected chi connectivity index (χ2v) is 4.52. The first-order chi connectivity index (χ1) is 10.2. The first-order valence-corrected chi connectivity index (χ1v) is 6.37. The largest absolute Gasteiger partial charge is 0.497 e. The summed E-state index contributed by atoms with van der Waals surface area (Å²) in [6.07, 6.45) is 1.30. The van der Waals surface area contributed by atoms with Gasteiger partial charge in [0.05, 0.1) is 23.1 Å². The first kappa shape index (κ1) is 13.1. The molecule has 0 saturated carbocycles. The van der Waals surface area contributed by atoms with Crippen molar-refractivity contribution in [1.82, 2.24) is 4.98 Å². The highest BCUT2D eigenvalue weighted by Gasteiger charge is 2.19. The molecule has 0 unspecified atom stereocenters. The first-order valence-electron chi connectivity index (χ1n) is 6.37. The van der Waals surface area contributed by atoms with E-state index < -0.39 is 4.92 Å². The van der Waals surface area contributed by atoms with Crippen molar-refractivity contribution < 1.29 is 9.66 Å². The van der Waals surface area contributed by atoms with Crippen molar-refractivity contribution in [3.63, 3.8) is 0 Å². The molecule has 1 heterocycles. The summed E-state index contributed by atoms with van der Waals surface area (Å²) in [5.41, 5.74) is 2.02. The number of methoxy groups -OCH3 is 1. The summed E-state index contributed by atoms with van der Waals surface area (Å²) in [5.74, 6) is 0.641. The third-order valence-electron chi connectivity index (χ3n) is 3.31. The molecular weight excluding hydrogens is 268 g/mol. The van der Waals surface area contributed by atoms with Gasteiger partial charge in [-0.3, -0.25) is 10.1 Å². The van der Waals surface area contributed by atoms with Crippen LogP contribution >= 0.6 is 0 Å². The Bertz CT molecular complexity index is 816. The molecule has 21 heavy (non-hydrogen) atoms. The minimum absolute atomic E-state index is 0.0121. The maximum Gasteiger partial charge on any atom is 0.295 e. The van der Waals surface area contributed by atoms with Crippen LogP contribution in [-0.4, -0.2) is 17.0 Å². The molecule has 0 aliphatic rings. The summed E-state index contributed by atoms with van der Waals surface area (Å²) in [5, 5.41) is 12.0. The highest BCUT2D eigenvalue weighted by atomic mass is 16.6.